The molecule has 2 rings (SSSR count). The fourth-order valence-corrected chi connectivity index (χ4v) is 1.67. The van der Waals surface area contributed by atoms with Crippen molar-refractivity contribution in [1.29, 1.82) is 0 Å². The molecule has 2 amide bonds. The largest absolute Gasteiger partial charge is 0.492 e. The molecular weight excluding hydrogens is 271 g/mol. The average Bonchev–Trinajstić information content (AvgIpc) is 2.50. The fourth-order valence-electron chi connectivity index (χ4n) is 1.67. The quantitative estimate of drug-likeness (QED) is 0.916. The molecule has 0 fully saturated rings. The summed E-state index contributed by atoms with van der Waals surface area (Å²) < 4.78 is 18.2. The Morgan fingerprint density at radius 3 is 2.48 bits per heavy atom. The van der Waals surface area contributed by atoms with Gasteiger partial charge in [0.05, 0.1) is 6.54 Å². The summed E-state index contributed by atoms with van der Waals surface area (Å²) >= 11 is 0. The molecule has 0 aliphatic heterocycles. The normalized spacial score (nSPS) is 10.0. The van der Waals surface area contributed by atoms with Crippen molar-refractivity contribution in [3.8, 4) is 5.75 Å². The van der Waals surface area contributed by atoms with E-state index in [0.29, 0.717) is 18.9 Å². The van der Waals surface area contributed by atoms with Crippen LogP contribution in [0.1, 0.15) is 0 Å². The number of carbonyl (C=O) groups excluding carboxylic acids is 1. The molecule has 0 saturated heterocycles. The van der Waals surface area contributed by atoms with Gasteiger partial charge < -0.3 is 15.0 Å². The summed E-state index contributed by atoms with van der Waals surface area (Å²) in [6.45, 7) is 0.764. The van der Waals surface area contributed by atoms with Crippen molar-refractivity contribution in [2.45, 2.75) is 0 Å². The highest BCUT2D eigenvalue weighted by atomic mass is 19.1. The minimum atomic E-state index is -0.304. The van der Waals surface area contributed by atoms with Crippen molar-refractivity contribution in [1.82, 2.24) is 4.90 Å². The molecule has 0 aliphatic carbocycles. The molecule has 2 aromatic rings. The van der Waals surface area contributed by atoms with Crippen LogP contribution in [0.15, 0.2) is 54.6 Å². The number of urea groups is 1. The van der Waals surface area contributed by atoms with Gasteiger partial charge in [0.2, 0.25) is 0 Å². The van der Waals surface area contributed by atoms with Crippen LogP contribution in [0, 0.1) is 5.82 Å². The van der Waals surface area contributed by atoms with Crippen molar-refractivity contribution in [3.05, 3.63) is 60.4 Å². The summed E-state index contributed by atoms with van der Waals surface area (Å²) in [5.74, 6) is 0.273. The van der Waals surface area contributed by atoms with Gasteiger partial charge in [-0.25, -0.2) is 9.18 Å². The predicted octanol–water partition coefficient (Wildman–Crippen LogP) is 3.37. The number of nitrogens with zero attached hydrogens (tertiary/aromatic N) is 1. The van der Waals surface area contributed by atoms with Crippen LogP contribution >= 0.6 is 0 Å². The van der Waals surface area contributed by atoms with Crippen LogP contribution in [0.3, 0.4) is 0 Å². The minimum absolute atomic E-state index is 0.205. The fraction of sp³-hybridized carbons (Fsp3) is 0.188. The van der Waals surface area contributed by atoms with Crippen LogP contribution in [0.2, 0.25) is 0 Å². The van der Waals surface area contributed by atoms with E-state index < -0.39 is 0 Å². The maximum absolute atomic E-state index is 12.7. The van der Waals surface area contributed by atoms with Gasteiger partial charge in [0.25, 0.3) is 0 Å². The van der Waals surface area contributed by atoms with Crippen LogP contribution < -0.4 is 10.1 Å². The van der Waals surface area contributed by atoms with Crippen molar-refractivity contribution in [2.75, 3.05) is 25.5 Å². The number of halogens is 1. The molecule has 21 heavy (non-hydrogen) atoms. The maximum Gasteiger partial charge on any atom is 0.321 e. The topological polar surface area (TPSA) is 41.6 Å². The highest BCUT2D eigenvalue weighted by Gasteiger charge is 2.08. The molecule has 5 heteroatoms. The van der Waals surface area contributed by atoms with Gasteiger partial charge in [0.15, 0.2) is 0 Å². The number of amides is 2. The third-order valence-electron chi connectivity index (χ3n) is 2.88. The average molecular weight is 288 g/mol. The highest BCUT2D eigenvalue weighted by Crippen LogP contribution is 2.11. The lowest BCUT2D eigenvalue weighted by Crippen LogP contribution is -2.34. The number of nitrogens with one attached hydrogen (secondary N) is 1. The number of hydrogen-bond acceptors (Lipinski definition) is 2. The zero-order valence-electron chi connectivity index (χ0n) is 11.8. The Morgan fingerprint density at radius 1 is 1.14 bits per heavy atom. The first-order chi connectivity index (χ1) is 10.1. The molecule has 0 saturated carbocycles. The van der Waals surface area contributed by atoms with Crippen molar-refractivity contribution in [2.24, 2.45) is 0 Å². The van der Waals surface area contributed by atoms with Gasteiger partial charge in [-0.2, -0.15) is 0 Å². The van der Waals surface area contributed by atoms with E-state index in [1.165, 1.54) is 17.0 Å². The summed E-state index contributed by atoms with van der Waals surface area (Å²) in [5, 5.41) is 2.78. The van der Waals surface area contributed by atoms with Gasteiger partial charge in [-0.05, 0) is 36.4 Å². The maximum atomic E-state index is 12.7. The molecule has 110 valence electrons. The van der Waals surface area contributed by atoms with Gasteiger partial charge >= 0.3 is 6.03 Å². The van der Waals surface area contributed by atoms with E-state index in [-0.39, 0.29) is 11.8 Å². The third-order valence-corrected chi connectivity index (χ3v) is 2.88. The monoisotopic (exact) mass is 288 g/mol. The Morgan fingerprint density at radius 2 is 1.81 bits per heavy atom. The standard InChI is InChI=1S/C16H17FN2O2/c1-19(16(20)18-14-5-3-2-4-6-14)11-12-21-15-9-7-13(17)8-10-15/h2-10H,11-12H2,1H3,(H,18,20). The zero-order valence-corrected chi connectivity index (χ0v) is 11.8. The first-order valence-corrected chi connectivity index (χ1v) is 6.61. The molecule has 0 atom stereocenters. The molecular formula is C16H17FN2O2. The first-order valence-electron chi connectivity index (χ1n) is 6.61. The second-order valence-electron chi connectivity index (χ2n) is 4.52. The summed E-state index contributed by atoms with van der Waals surface area (Å²) in [6, 6.07) is 14.8. The Hall–Kier alpha value is -2.56. The molecule has 0 aromatic heterocycles. The van der Waals surface area contributed by atoms with E-state index in [9.17, 15) is 9.18 Å². The molecule has 0 spiro atoms. The molecule has 0 bridgehead atoms. The lowest BCUT2D eigenvalue weighted by Gasteiger charge is -2.18. The summed E-state index contributed by atoms with van der Waals surface area (Å²) in [7, 11) is 1.69. The number of anilines is 1. The van der Waals surface area contributed by atoms with Gasteiger partial charge in [-0.3, -0.25) is 0 Å². The number of para-hydroxylation sites is 1. The minimum Gasteiger partial charge on any atom is -0.492 e. The molecule has 4 nitrogen and oxygen atoms in total. The van der Waals surface area contributed by atoms with Gasteiger partial charge in [0, 0.05) is 12.7 Å². The van der Waals surface area contributed by atoms with Gasteiger partial charge in [0.1, 0.15) is 18.2 Å². The van der Waals surface area contributed by atoms with Crippen molar-refractivity contribution < 1.29 is 13.9 Å². The molecule has 0 aliphatic rings. The predicted molar refractivity (Wildman–Crippen MR) is 80.0 cm³/mol. The lowest BCUT2D eigenvalue weighted by atomic mass is 10.3. The summed E-state index contributed by atoms with van der Waals surface area (Å²) in [6.07, 6.45) is 0. The van der Waals surface area contributed by atoms with Crippen molar-refractivity contribution >= 4 is 11.7 Å². The van der Waals surface area contributed by atoms with Gasteiger partial charge in [-0.1, -0.05) is 18.2 Å². The van der Waals surface area contributed by atoms with Crippen LogP contribution in [-0.4, -0.2) is 31.1 Å². The van der Waals surface area contributed by atoms with Crippen LogP contribution in [-0.2, 0) is 0 Å². The number of carbonyl (C=O) groups is 1. The molecule has 1 N–H and O–H groups in total. The Kier molecular flexibility index (Phi) is 5.15. The van der Waals surface area contributed by atoms with Crippen LogP contribution in [0.4, 0.5) is 14.9 Å². The number of benzene rings is 2. The third kappa shape index (κ3) is 4.80. The lowest BCUT2D eigenvalue weighted by molar-refractivity contribution is 0.207. The smallest absolute Gasteiger partial charge is 0.321 e. The molecule has 2 aromatic carbocycles. The first kappa shape index (κ1) is 14.8. The van der Waals surface area contributed by atoms with Crippen molar-refractivity contribution in [3.63, 3.8) is 0 Å². The second-order valence-corrected chi connectivity index (χ2v) is 4.52. The Balaban J connectivity index is 1.75. The summed E-state index contributed by atoms with van der Waals surface area (Å²) in [4.78, 5) is 13.4. The van der Waals surface area contributed by atoms with E-state index in [2.05, 4.69) is 5.32 Å². The van der Waals surface area contributed by atoms with Crippen LogP contribution in [0.5, 0.6) is 5.75 Å². The van der Waals surface area contributed by atoms with E-state index in [1.54, 1.807) is 19.2 Å². The molecule has 0 unspecified atom stereocenters. The van der Waals surface area contributed by atoms with E-state index in [1.807, 2.05) is 30.3 Å². The van der Waals surface area contributed by atoms with Gasteiger partial charge in [-0.15, -0.1) is 0 Å². The SMILES string of the molecule is CN(CCOc1ccc(F)cc1)C(=O)Nc1ccccc1. The van der Waals surface area contributed by atoms with E-state index >= 15 is 0 Å². The number of rotatable bonds is 5. The number of hydrogen-bond donors (Lipinski definition) is 1. The highest BCUT2D eigenvalue weighted by molar-refractivity contribution is 5.89. The Labute approximate surface area is 123 Å². The number of ether oxygens (including phenoxy) is 1. The number of likely N-dealkylation sites (N-methyl/N-ethyl adjacent to an activating group) is 1. The summed E-state index contributed by atoms with van der Waals surface area (Å²) in [5.41, 5.74) is 0.744. The van der Waals surface area contributed by atoms with E-state index in [0.717, 1.165) is 5.69 Å². The Bertz CT molecular complexity index is 573. The molecule has 0 radical (unpaired) electrons. The van der Waals surface area contributed by atoms with Crippen LogP contribution in [0.25, 0.3) is 0 Å². The molecule has 0 heterocycles. The van der Waals surface area contributed by atoms with E-state index in [4.69, 9.17) is 4.74 Å². The second kappa shape index (κ2) is 7.28. The zero-order chi connectivity index (χ0) is 15.1.